The fourth-order valence-electron chi connectivity index (χ4n) is 1.70. The molecule has 0 heterocycles. The van der Waals surface area contributed by atoms with Crippen LogP contribution in [0, 0.1) is 0 Å². The summed E-state index contributed by atoms with van der Waals surface area (Å²) in [6.45, 7) is 2.87. The predicted molar refractivity (Wildman–Crippen MR) is 78.6 cm³/mol. The van der Waals surface area contributed by atoms with Crippen molar-refractivity contribution < 1.29 is 4.79 Å². The minimum Gasteiger partial charge on any atom is -0.349 e. The minimum absolute atomic E-state index is 0.165. The maximum Gasteiger partial charge on any atom is 0.223 e. The maximum absolute atomic E-state index is 11.4. The topological polar surface area (TPSA) is 32.3 Å². The molecule has 0 saturated carbocycles. The molecule has 100 valence electrons. The van der Waals surface area contributed by atoms with Crippen LogP contribution in [0.3, 0.4) is 0 Å². The summed E-state index contributed by atoms with van der Waals surface area (Å²) in [6, 6.07) is 8.72. The van der Waals surface area contributed by atoms with Gasteiger partial charge in [-0.3, -0.25) is 4.79 Å². The summed E-state index contributed by atoms with van der Waals surface area (Å²) in [5.41, 5.74) is 1.30. The number of nitrogens with one attached hydrogen (secondary N) is 1. The van der Waals surface area contributed by atoms with Crippen LogP contribution in [0.25, 0.3) is 0 Å². The summed E-state index contributed by atoms with van der Waals surface area (Å²) in [5, 5.41) is 3.37. The Hall–Kier alpha value is -0.870. The average molecular weight is 313 g/mol. The zero-order valence-corrected chi connectivity index (χ0v) is 12.8. The standard InChI is InChI=1S/C14H21BrN2O/c1-11(16-9-8-14(18)17(2)3)10-12-4-6-13(15)7-5-12/h4-7,11,16H,8-10H2,1-3H3/t11-/m0/s1. The molecule has 1 rings (SSSR count). The summed E-state index contributed by atoms with van der Waals surface area (Å²) >= 11 is 3.43. The molecule has 1 amide bonds. The van der Waals surface area contributed by atoms with Gasteiger partial charge < -0.3 is 10.2 Å². The Balaban J connectivity index is 2.27. The van der Waals surface area contributed by atoms with Crippen LogP contribution < -0.4 is 5.32 Å². The summed E-state index contributed by atoms with van der Waals surface area (Å²) in [6.07, 6.45) is 1.53. The second-order valence-corrected chi connectivity index (χ2v) is 5.64. The molecular formula is C14H21BrN2O. The molecule has 0 unspecified atom stereocenters. The molecule has 4 heteroatoms. The van der Waals surface area contributed by atoms with Crippen molar-refractivity contribution in [2.45, 2.75) is 25.8 Å². The smallest absolute Gasteiger partial charge is 0.223 e. The molecule has 0 aliphatic carbocycles. The molecule has 0 aliphatic heterocycles. The molecular weight excluding hydrogens is 292 g/mol. The van der Waals surface area contributed by atoms with Gasteiger partial charge in [-0.15, -0.1) is 0 Å². The van der Waals surface area contributed by atoms with E-state index in [0.29, 0.717) is 12.5 Å². The molecule has 0 spiro atoms. The lowest BCUT2D eigenvalue weighted by molar-refractivity contribution is -0.128. The van der Waals surface area contributed by atoms with Crippen molar-refractivity contribution >= 4 is 21.8 Å². The second-order valence-electron chi connectivity index (χ2n) is 4.72. The van der Waals surface area contributed by atoms with Gasteiger partial charge in [0.1, 0.15) is 0 Å². The van der Waals surface area contributed by atoms with E-state index >= 15 is 0 Å². The third kappa shape index (κ3) is 5.65. The molecule has 1 aromatic rings. The summed E-state index contributed by atoms with van der Waals surface area (Å²) in [5.74, 6) is 0.165. The Kier molecular flexibility index (Phi) is 6.36. The summed E-state index contributed by atoms with van der Waals surface area (Å²) in [7, 11) is 3.57. The van der Waals surface area contributed by atoms with Crippen molar-refractivity contribution in [3.63, 3.8) is 0 Å². The molecule has 18 heavy (non-hydrogen) atoms. The van der Waals surface area contributed by atoms with Crippen LogP contribution in [0.15, 0.2) is 28.7 Å². The SMILES string of the molecule is C[C@@H](Cc1ccc(Br)cc1)NCCC(=O)N(C)C. The molecule has 1 N–H and O–H groups in total. The van der Waals surface area contributed by atoms with E-state index in [0.717, 1.165) is 17.4 Å². The van der Waals surface area contributed by atoms with Gasteiger partial charge in [0.25, 0.3) is 0 Å². The van der Waals surface area contributed by atoms with Crippen molar-refractivity contribution in [2.75, 3.05) is 20.6 Å². The number of halogens is 1. The number of nitrogens with zero attached hydrogens (tertiary/aromatic N) is 1. The Labute approximate surface area is 118 Å². The highest BCUT2D eigenvalue weighted by atomic mass is 79.9. The largest absolute Gasteiger partial charge is 0.349 e. The van der Waals surface area contributed by atoms with Gasteiger partial charge in [-0.25, -0.2) is 0 Å². The number of carbonyl (C=O) groups excluding carboxylic acids is 1. The van der Waals surface area contributed by atoms with Crippen LogP contribution in [0.2, 0.25) is 0 Å². The van der Waals surface area contributed by atoms with Crippen LogP contribution in [0.4, 0.5) is 0 Å². The van der Waals surface area contributed by atoms with Gasteiger partial charge in [0, 0.05) is 37.6 Å². The molecule has 0 fully saturated rings. The first kappa shape index (κ1) is 15.2. The van der Waals surface area contributed by atoms with Crippen LogP contribution >= 0.6 is 15.9 Å². The lowest BCUT2D eigenvalue weighted by atomic mass is 10.1. The van der Waals surface area contributed by atoms with Crippen molar-refractivity contribution in [3.8, 4) is 0 Å². The third-order valence-electron chi connectivity index (χ3n) is 2.79. The highest BCUT2D eigenvalue weighted by Gasteiger charge is 2.06. The number of hydrogen-bond donors (Lipinski definition) is 1. The van der Waals surface area contributed by atoms with E-state index in [2.05, 4.69) is 52.4 Å². The quantitative estimate of drug-likeness (QED) is 0.875. The van der Waals surface area contributed by atoms with E-state index in [1.165, 1.54) is 5.56 Å². The lowest BCUT2D eigenvalue weighted by Gasteiger charge is -2.15. The van der Waals surface area contributed by atoms with Gasteiger partial charge in [-0.1, -0.05) is 28.1 Å². The number of hydrogen-bond acceptors (Lipinski definition) is 2. The summed E-state index contributed by atoms with van der Waals surface area (Å²) in [4.78, 5) is 13.0. The molecule has 0 aromatic heterocycles. The van der Waals surface area contributed by atoms with Crippen LogP contribution in [0.1, 0.15) is 18.9 Å². The fraction of sp³-hybridized carbons (Fsp3) is 0.500. The summed E-state index contributed by atoms with van der Waals surface area (Å²) < 4.78 is 1.10. The van der Waals surface area contributed by atoms with Crippen molar-refractivity contribution in [1.82, 2.24) is 10.2 Å². The first-order chi connectivity index (χ1) is 8.49. The molecule has 1 atom stereocenters. The molecule has 0 radical (unpaired) electrons. The highest BCUT2D eigenvalue weighted by molar-refractivity contribution is 9.10. The van der Waals surface area contributed by atoms with Crippen molar-refractivity contribution in [3.05, 3.63) is 34.3 Å². The van der Waals surface area contributed by atoms with E-state index in [4.69, 9.17) is 0 Å². The van der Waals surface area contributed by atoms with Crippen LogP contribution in [-0.2, 0) is 11.2 Å². The second kappa shape index (κ2) is 7.54. The predicted octanol–water partition coefficient (Wildman–Crippen LogP) is 2.45. The number of rotatable bonds is 6. The Bertz CT molecular complexity index is 376. The highest BCUT2D eigenvalue weighted by Crippen LogP contribution is 2.11. The van der Waals surface area contributed by atoms with Crippen LogP contribution in [-0.4, -0.2) is 37.5 Å². The van der Waals surface area contributed by atoms with Gasteiger partial charge in [-0.2, -0.15) is 0 Å². The number of benzene rings is 1. The molecule has 0 aliphatic rings. The van der Waals surface area contributed by atoms with E-state index in [1.54, 1.807) is 19.0 Å². The first-order valence-electron chi connectivity index (χ1n) is 6.17. The molecule has 1 aromatic carbocycles. The first-order valence-corrected chi connectivity index (χ1v) is 6.96. The zero-order chi connectivity index (χ0) is 13.5. The van der Waals surface area contributed by atoms with Crippen molar-refractivity contribution in [1.29, 1.82) is 0 Å². The van der Waals surface area contributed by atoms with E-state index in [1.807, 2.05) is 0 Å². The minimum atomic E-state index is 0.165. The van der Waals surface area contributed by atoms with E-state index in [-0.39, 0.29) is 5.91 Å². The number of carbonyl (C=O) groups is 1. The zero-order valence-electron chi connectivity index (χ0n) is 11.2. The molecule has 0 bridgehead atoms. The van der Waals surface area contributed by atoms with E-state index < -0.39 is 0 Å². The van der Waals surface area contributed by atoms with Gasteiger partial charge in [0.15, 0.2) is 0 Å². The lowest BCUT2D eigenvalue weighted by Crippen LogP contribution is -2.32. The van der Waals surface area contributed by atoms with Gasteiger partial charge in [0.05, 0.1) is 0 Å². The molecule has 3 nitrogen and oxygen atoms in total. The van der Waals surface area contributed by atoms with E-state index in [9.17, 15) is 4.79 Å². The van der Waals surface area contributed by atoms with Crippen molar-refractivity contribution in [2.24, 2.45) is 0 Å². The maximum atomic E-state index is 11.4. The Morgan fingerprint density at radius 1 is 1.33 bits per heavy atom. The van der Waals surface area contributed by atoms with Crippen LogP contribution in [0.5, 0.6) is 0 Å². The Morgan fingerprint density at radius 2 is 1.94 bits per heavy atom. The van der Waals surface area contributed by atoms with Gasteiger partial charge in [-0.05, 0) is 31.0 Å². The Morgan fingerprint density at radius 3 is 2.50 bits per heavy atom. The third-order valence-corrected chi connectivity index (χ3v) is 3.31. The fourth-order valence-corrected chi connectivity index (χ4v) is 1.96. The molecule has 0 saturated heterocycles. The van der Waals surface area contributed by atoms with Gasteiger partial charge >= 0.3 is 0 Å². The monoisotopic (exact) mass is 312 g/mol. The normalized spacial score (nSPS) is 12.2. The average Bonchev–Trinajstić information content (AvgIpc) is 2.32. The van der Waals surface area contributed by atoms with Gasteiger partial charge in [0.2, 0.25) is 5.91 Å². The number of amides is 1.